The van der Waals surface area contributed by atoms with Gasteiger partial charge in [-0.2, -0.15) is 4.31 Å². The molecule has 1 N–H and O–H groups in total. The number of benzene rings is 3. The summed E-state index contributed by atoms with van der Waals surface area (Å²) < 4.78 is 34.1. The fraction of sp³-hybridized carbons (Fsp3) is 0.286. The number of para-hydroxylation sites is 2. The van der Waals surface area contributed by atoms with Crippen molar-refractivity contribution in [3.05, 3.63) is 88.4 Å². The van der Waals surface area contributed by atoms with Crippen molar-refractivity contribution in [1.29, 1.82) is 0 Å². The van der Waals surface area contributed by atoms with Gasteiger partial charge in [-0.1, -0.05) is 65.7 Å². The summed E-state index contributed by atoms with van der Waals surface area (Å²) in [5, 5.41) is 3.20. The Morgan fingerprint density at radius 3 is 2.51 bits per heavy atom. The van der Waals surface area contributed by atoms with Crippen LogP contribution < -0.4 is 15.0 Å². The molecule has 1 fully saturated rings. The molecule has 11 heteroatoms. The van der Waals surface area contributed by atoms with Crippen LogP contribution in [0.25, 0.3) is 0 Å². The number of carbonyl (C=O) groups excluding carboxylic acids is 2. The van der Waals surface area contributed by atoms with Gasteiger partial charge in [0.25, 0.3) is 5.91 Å². The second kappa shape index (κ2) is 11.6. The Labute approximate surface area is 237 Å². The fourth-order valence-corrected chi connectivity index (χ4v) is 7.14. The highest BCUT2D eigenvalue weighted by Gasteiger charge is 2.40. The van der Waals surface area contributed by atoms with E-state index in [1.807, 2.05) is 30.3 Å². The lowest BCUT2D eigenvalue weighted by Gasteiger charge is -2.38. The number of halogens is 2. The first-order valence-electron chi connectivity index (χ1n) is 12.6. The average Bonchev–Trinajstić information content (AvgIpc) is 2.96. The molecule has 0 bridgehead atoms. The molecular formula is C28H27Cl2N3O5S. The lowest BCUT2D eigenvalue weighted by Crippen LogP contribution is -2.53. The van der Waals surface area contributed by atoms with E-state index in [0.717, 1.165) is 5.56 Å². The first-order chi connectivity index (χ1) is 18.7. The smallest absolute Gasteiger partial charge is 0.263 e. The number of hydrogen-bond acceptors (Lipinski definition) is 5. The maximum atomic E-state index is 13.9. The minimum Gasteiger partial charge on any atom is -0.477 e. The molecule has 0 saturated carbocycles. The molecule has 204 valence electrons. The van der Waals surface area contributed by atoms with Gasteiger partial charge in [0.2, 0.25) is 15.9 Å². The minimum atomic E-state index is -3.97. The molecule has 8 nitrogen and oxygen atoms in total. The summed E-state index contributed by atoms with van der Waals surface area (Å²) in [6, 6.07) is 20.8. The number of sulfonamides is 1. The average molecular weight is 589 g/mol. The predicted octanol–water partition coefficient (Wildman–Crippen LogP) is 4.50. The quantitative estimate of drug-likeness (QED) is 0.458. The number of ether oxygens (including phenoxy) is 1. The highest BCUT2D eigenvalue weighted by atomic mass is 35.5. The van der Waals surface area contributed by atoms with E-state index in [1.54, 1.807) is 29.2 Å². The van der Waals surface area contributed by atoms with Crippen LogP contribution in [-0.4, -0.2) is 50.3 Å². The van der Waals surface area contributed by atoms with Gasteiger partial charge in [-0.25, -0.2) is 8.42 Å². The fourth-order valence-electron chi connectivity index (χ4n) is 4.88. The maximum Gasteiger partial charge on any atom is 0.263 e. The van der Waals surface area contributed by atoms with Gasteiger partial charge < -0.3 is 15.0 Å². The summed E-state index contributed by atoms with van der Waals surface area (Å²) in [6.07, 6.45) is 0.0977. The summed E-state index contributed by atoms with van der Waals surface area (Å²) in [5.41, 5.74) is 1.49. The monoisotopic (exact) mass is 587 g/mol. The van der Waals surface area contributed by atoms with Gasteiger partial charge in [-0.05, 0) is 48.7 Å². The first kappa shape index (κ1) is 27.5. The summed E-state index contributed by atoms with van der Waals surface area (Å²) >= 11 is 12.2. The summed E-state index contributed by atoms with van der Waals surface area (Å²) in [5.74, 6) is -0.785. The summed E-state index contributed by atoms with van der Waals surface area (Å²) in [6.45, 7) is 0.601. The van der Waals surface area contributed by atoms with E-state index >= 15 is 0 Å². The molecule has 0 radical (unpaired) electrons. The van der Waals surface area contributed by atoms with Crippen molar-refractivity contribution >= 4 is 50.7 Å². The predicted molar refractivity (Wildman–Crippen MR) is 149 cm³/mol. The Morgan fingerprint density at radius 2 is 1.72 bits per heavy atom. The zero-order valence-electron chi connectivity index (χ0n) is 20.9. The van der Waals surface area contributed by atoms with Gasteiger partial charge >= 0.3 is 0 Å². The van der Waals surface area contributed by atoms with Crippen LogP contribution in [0.5, 0.6) is 5.75 Å². The van der Waals surface area contributed by atoms with E-state index in [2.05, 4.69) is 5.32 Å². The highest BCUT2D eigenvalue weighted by molar-refractivity contribution is 7.89. The first-order valence-corrected chi connectivity index (χ1v) is 14.8. The van der Waals surface area contributed by atoms with Crippen LogP contribution in [0.4, 0.5) is 5.69 Å². The van der Waals surface area contributed by atoms with Crippen LogP contribution >= 0.6 is 23.2 Å². The van der Waals surface area contributed by atoms with Crippen LogP contribution in [-0.2, 0) is 26.2 Å². The molecular weight excluding hydrogens is 561 g/mol. The Kier molecular flexibility index (Phi) is 8.13. The lowest BCUT2D eigenvalue weighted by atomic mass is 9.97. The van der Waals surface area contributed by atoms with E-state index < -0.39 is 22.0 Å². The third-order valence-corrected chi connectivity index (χ3v) is 9.47. The second-order valence-corrected chi connectivity index (χ2v) is 12.3. The van der Waals surface area contributed by atoms with E-state index in [9.17, 15) is 18.0 Å². The SMILES string of the molecule is O=C(NCc1ccccc1)[C@H]1CN(C(=O)[C@@H]2CCCN(S(=O)(=O)c3cc(Cl)ccc3Cl)C2)c2ccccc2O1. The third-order valence-electron chi connectivity index (χ3n) is 6.89. The molecule has 0 aromatic heterocycles. The Bertz CT molecular complexity index is 1490. The molecule has 3 aromatic rings. The molecule has 2 heterocycles. The summed E-state index contributed by atoms with van der Waals surface area (Å²) in [7, 11) is -3.97. The van der Waals surface area contributed by atoms with Crippen molar-refractivity contribution in [3.8, 4) is 5.75 Å². The van der Waals surface area contributed by atoms with Crippen molar-refractivity contribution in [3.63, 3.8) is 0 Å². The standard InChI is InChI=1S/C28H27Cl2N3O5S/c29-21-12-13-22(30)26(15-21)39(36,37)32-14-6-9-20(17-32)28(35)33-18-25(38-24-11-5-4-10-23(24)33)27(34)31-16-19-7-2-1-3-8-19/h1-5,7-8,10-13,15,20,25H,6,9,14,16-18H2,(H,31,34)/t20-,25-/m1/s1. The number of hydrogen-bond donors (Lipinski definition) is 1. The van der Waals surface area contributed by atoms with Crippen LogP contribution in [0.3, 0.4) is 0 Å². The van der Waals surface area contributed by atoms with Gasteiger partial charge in [0, 0.05) is 24.7 Å². The van der Waals surface area contributed by atoms with Crippen LogP contribution in [0.1, 0.15) is 18.4 Å². The Balaban J connectivity index is 1.34. The normalized spacial score (nSPS) is 19.6. The topological polar surface area (TPSA) is 96.0 Å². The third kappa shape index (κ3) is 5.91. The number of nitrogens with one attached hydrogen (secondary N) is 1. The highest BCUT2D eigenvalue weighted by Crippen LogP contribution is 2.36. The molecule has 39 heavy (non-hydrogen) atoms. The Hall–Kier alpha value is -3.11. The van der Waals surface area contributed by atoms with Crippen molar-refractivity contribution < 1.29 is 22.7 Å². The molecule has 0 spiro atoms. The van der Waals surface area contributed by atoms with Crippen molar-refractivity contribution in [2.24, 2.45) is 5.92 Å². The molecule has 2 aliphatic heterocycles. The van der Waals surface area contributed by atoms with E-state index in [4.69, 9.17) is 27.9 Å². The largest absolute Gasteiger partial charge is 0.477 e. The lowest BCUT2D eigenvalue weighted by molar-refractivity contribution is -0.129. The molecule has 1 saturated heterocycles. The Morgan fingerprint density at radius 1 is 0.974 bits per heavy atom. The van der Waals surface area contributed by atoms with Gasteiger partial charge in [0.1, 0.15) is 10.6 Å². The van der Waals surface area contributed by atoms with E-state index in [-0.39, 0.29) is 46.4 Å². The zero-order chi connectivity index (χ0) is 27.6. The van der Waals surface area contributed by atoms with Gasteiger partial charge in [-0.15, -0.1) is 0 Å². The maximum absolute atomic E-state index is 13.9. The van der Waals surface area contributed by atoms with Crippen LogP contribution in [0, 0.1) is 5.92 Å². The molecule has 2 atom stereocenters. The van der Waals surface area contributed by atoms with Gasteiger partial charge in [-0.3, -0.25) is 9.59 Å². The molecule has 2 aliphatic rings. The molecule has 5 rings (SSSR count). The van der Waals surface area contributed by atoms with Gasteiger partial charge in [0.15, 0.2) is 6.10 Å². The van der Waals surface area contributed by atoms with Gasteiger partial charge in [0.05, 0.1) is 23.2 Å². The molecule has 0 aliphatic carbocycles. The zero-order valence-corrected chi connectivity index (χ0v) is 23.3. The van der Waals surface area contributed by atoms with Crippen LogP contribution in [0.2, 0.25) is 10.0 Å². The van der Waals surface area contributed by atoms with E-state index in [0.29, 0.717) is 30.8 Å². The number of anilines is 1. The van der Waals surface area contributed by atoms with E-state index in [1.165, 1.54) is 22.5 Å². The van der Waals surface area contributed by atoms with Crippen molar-refractivity contribution in [1.82, 2.24) is 9.62 Å². The second-order valence-electron chi connectivity index (χ2n) is 9.50. The number of amides is 2. The number of nitrogens with zero attached hydrogens (tertiary/aromatic N) is 2. The van der Waals surface area contributed by atoms with Crippen LogP contribution in [0.15, 0.2) is 77.7 Å². The number of piperidine rings is 1. The number of fused-ring (bicyclic) bond motifs is 1. The molecule has 3 aromatic carbocycles. The van der Waals surface area contributed by atoms with Crippen molar-refractivity contribution in [2.45, 2.75) is 30.4 Å². The molecule has 2 amide bonds. The molecule has 0 unspecified atom stereocenters. The number of rotatable bonds is 6. The minimum absolute atomic E-state index is 0.00555. The number of carbonyl (C=O) groups is 2. The summed E-state index contributed by atoms with van der Waals surface area (Å²) in [4.78, 5) is 28.4. The van der Waals surface area contributed by atoms with Crippen molar-refractivity contribution in [2.75, 3.05) is 24.5 Å².